The van der Waals surface area contributed by atoms with Gasteiger partial charge in [-0.2, -0.15) is 0 Å². The minimum atomic E-state index is 0.0676. The molecular weight excluding hydrogens is 292 g/mol. The first kappa shape index (κ1) is 14.0. The van der Waals surface area contributed by atoms with Crippen LogP contribution in [0.25, 0.3) is 0 Å². The third-order valence-electron chi connectivity index (χ3n) is 1.82. The molecule has 0 amide bonds. The Kier molecular flexibility index (Phi) is 5.96. The van der Waals surface area contributed by atoms with Crippen LogP contribution in [0.3, 0.4) is 0 Å². The van der Waals surface area contributed by atoms with Crippen LogP contribution in [0.15, 0.2) is 16.6 Å². The van der Waals surface area contributed by atoms with E-state index in [1.165, 1.54) is 14.2 Å². The van der Waals surface area contributed by atoms with E-state index >= 15 is 0 Å². The van der Waals surface area contributed by atoms with Gasteiger partial charge in [-0.3, -0.25) is 4.79 Å². The molecule has 1 rings (SSSR count). The fourth-order valence-electron chi connectivity index (χ4n) is 1.14. The van der Waals surface area contributed by atoms with E-state index in [4.69, 9.17) is 18.9 Å². The Balaban J connectivity index is 3.00. The van der Waals surface area contributed by atoms with Crippen molar-refractivity contribution in [3.8, 4) is 11.5 Å². The molecule has 1 aromatic carbocycles. The fourth-order valence-corrected chi connectivity index (χ4v) is 1.72. The van der Waals surface area contributed by atoms with E-state index in [9.17, 15) is 4.79 Å². The number of ether oxygens (including phenoxy) is 4. The number of aldehydes is 1. The highest BCUT2D eigenvalue weighted by Crippen LogP contribution is 2.36. The van der Waals surface area contributed by atoms with Crippen molar-refractivity contribution in [1.82, 2.24) is 0 Å². The molecule has 0 spiro atoms. The van der Waals surface area contributed by atoms with Gasteiger partial charge in [-0.25, -0.2) is 0 Å². The zero-order valence-corrected chi connectivity index (χ0v) is 11.2. The number of hydrogen-bond donors (Lipinski definition) is 0. The van der Waals surface area contributed by atoms with Crippen LogP contribution in [0.2, 0.25) is 0 Å². The summed E-state index contributed by atoms with van der Waals surface area (Å²) in [5.74, 6) is 0.884. The Morgan fingerprint density at radius 1 is 1.18 bits per heavy atom. The van der Waals surface area contributed by atoms with Gasteiger partial charge in [0.15, 0.2) is 25.1 Å². The lowest BCUT2D eigenvalue weighted by Crippen LogP contribution is -2.05. The van der Waals surface area contributed by atoms with Crippen molar-refractivity contribution in [2.45, 2.75) is 0 Å². The van der Waals surface area contributed by atoms with Crippen molar-refractivity contribution in [3.05, 3.63) is 22.2 Å². The molecule has 0 aromatic heterocycles. The first-order chi connectivity index (χ1) is 8.22. The average Bonchev–Trinajstić information content (AvgIpc) is 2.34. The molecule has 6 heteroatoms. The fraction of sp³-hybridized carbons (Fsp3) is 0.364. The van der Waals surface area contributed by atoms with Gasteiger partial charge < -0.3 is 18.9 Å². The zero-order valence-electron chi connectivity index (χ0n) is 9.57. The molecule has 0 radical (unpaired) electrons. The van der Waals surface area contributed by atoms with Gasteiger partial charge in [0.05, 0.1) is 4.47 Å². The van der Waals surface area contributed by atoms with Crippen LogP contribution in [0.4, 0.5) is 0 Å². The summed E-state index contributed by atoms with van der Waals surface area (Å²) in [4.78, 5) is 10.7. The molecule has 0 aliphatic carbocycles. The lowest BCUT2D eigenvalue weighted by Gasteiger charge is -2.13. The Labute approximate surface area is 108 Å². The first-order valence-electron chi connectivity index (χ1n) is 4.75. The Morgan fingerprint density at radius 2 is 1.82 bits per heavy atom. The normalized spacial score (nSPS) is 10.1. The molecule has 94 valence electrons. The second-order valence-corrected chi connectivity index (χ2v) is 3.90. The van der Waals surface area contributed by atoms with E-state index in [1.807, 2.05) is 0 Å². The first-order valence-corrected chi connectivity index (χ1v) is 5.54. The van der Waals surface area contributed by atoms with Gasteiger partial charge in [0.25, 0.3) is 0 Å². The van der Waals surface area contributed by atoms with E-state index in [2.05, 4.69) is 15.9 Å². The predicted molar refractivity (Wildman–Crippen MR) is 64.5 cm³/mol. The largest absolute Gasteiger partial charge is 0.464 e. The maximum atomic E-state index is 10.7. The number of rotatable bonds is 7. The second kappa shape index (κ2) is 7.26. The molecule has 1 aromatic rings. The van der Waals surface area contributed by atoms with Gasteiger partial charge in [0, 0.05) is 19.8 Å². The van der Waals surface area contributed by atoms with Crippen molar-refractivity contribution in [2.75, 3.05) is 27.8 Å². The molecule has 17 heavy (non-hydrogen) atoms. The van der Waals surface area contributed by atoms with Crippen molar-refractivity contribution in [1.29, 1.82) is 0 Å². The topological polar surface area (TPSA) is 54.0 Å². The van der Waals surface area contributed by atoms with E-state index in [0.29, 0.717) is 21.5 Å². The summed E-state index contributed by atoms with van der Waals surface area (Å²) in [6.07, 6.45) is 0.727. The van der Waals surface area contributed by atoms with Crippen molar-refractivity contribution in [2.24, 2.45) is 0 Å². The van der Waals surface area contributed by atoms with Crippen LogP contribution in [0.1, 0.15) is 10.4 Å². The van der Waals surface area contributed by atoms with Gasteiger partial charge in [-0.05, 0) is 28.1 Å². The molecule has 5 nitrogen and oxygen atoms in total. The van der Waals surface area contributed by atoms with Gasteiger partial charge in [-0.1, -0.05) is 0 Å². The molecule has 0 saturated carbocycles. The molecule has 0 N–H and O–H groups in total. The molecule has 0 aliphatic heterocycles. The van der Waals surface area contributed by atoms with Crippen LogP contribution < -0.4 is 9.47 Å². The Hall–Kier alpha value is -1.11. The van der Waals surface area contributed by atoms with E-state index in [-0.39, 0.29) is 13.6 Å². The van der Waals surface area contributed by atoms with Gasteiger partial charge in [-0.15, -0.1) is 0 Å². The second-order valence-electron chi connectivity index (χ2n) is 3.05. The lowest BCUT2D eigenvalue weighted by molar-refractivity contribution is 0.0318. The molecule has 0 bridgehead atoms. The number of methoxy groups -OCH3 is 2. The number of hydrogen-bond acceptors (Lipinski definition) is 5. The van der Waals surface area contributed by atoms with Crippen LogP contribution in [-0.4, -0.2) is 34.1 Å². The maximum absolute atomic E-state index is 10.7. The summed E-state index contributed by atoms with van der Waals surface area (Å²) in [6.45, 7) is 0.153. The molecule has 0 atom stereocenters. The summed E-state index contributed by atoms with van der Waals surface area (Å²) in [5.41, 5.74) is 0.479. The lowest BCUT2D eigenvalue weighted by atomic mass is 10.2. The third kappa shape index (κ3) is 3.99. The highest BCUT2D eigenvalue weighted by Gasteiger charge is 2.12. The van der Waals surface area contributed by atoms with Crippen LogP contribution >= 0.6 is 15.9 Å². The van der Waals surface area contributed by atoms with Crippen LogP contribution in [0, 0.1) is 0 Å². The number of carbonyl (C=O) groups is 1. The van der Waals surface area contributed by atoms with E-state index in [1.54, 1.807) is 12.1 Å². The Morgan fingerprint density at radius 3 is 2.41 bits per heavy atom. The molecule has 0 fully saturated rings. The number of benzene rings is 1. The molecule has 0 heterocycles. The quantitative estimate of drug-likeness (QED) is 0.571. The average molecular weight is 305 g/mol. The summed E-state index contributed by atoms with van der Waals surface area (Å²) in [7, 11) is 3.03. The van der Waals surface area contributed by atoms with E-state index in [0.717, 1.165) is 6.29 Å². The summed E-state index contributed by atoms with van der Waals surface area (Å²) in [5, 5.41) is 0. The molecule has 0 saturated heterocycles. The minimum Gasteiger partial charge on any atom is -0.464 e. The number of carbonyl (C=O) groups excluding carboxylic acids is 1. The van der Waals surface area contributed by atoms with Crippen molar-refractivity contribution < 1.29 is 23.7 Å². The summed E-state index contributed by atoms with van der Waals surface area (Å²) < 4.78 is 20.9. The zero-order chi connectivity index (χ0) is 12.7. The van der Waals surface area contributed by atoms with Gasteiger partial charge in [0.2, 0.25) is 0 Å². The minimum absolute atomic E-state index is 0.0676. The third-order valence-corrected chi connectivity index (χ3v) is 2.41. The monoisotopic (exact) mass is 304 g/mol. The predicted octanol–water partition coefficient (Wildman–Crippen LogP) is 2.23. The highest BCUT2D eigenvalue weighted by atomic mass is 79.9. The summed E-state index contributed by atoms with van der Waals surface area (Å²) in [6, 6.07) is 3.21. The SMILES string of the molecule is COCOc1cc(C=O)cc(Br)c1OCOC. The smallest absolute Gasteiger partial charge is 0.188 e. The standard InChI is InChI=1S/C11H13BrO5/c1-14-6-16-10-4-8(5-13)3-9(12)11(10)17-7-15-2/h3-5H,6-7H2,1-2H3. The van der Waals surface area contributed by atoms with Gasteiger partial charge in [0.1, 0.15) is 6.29 Å². The Bertz CT molecular complexity index is 380. The van der Waals surface area contributed by atoms with Gasteiger partial charge >= 0.3 is 0 Å². The van der Waals surface area contributed by atoms with Crippen molar-refractivity contribution in [3.63, 3.8) is 0 Å². The number of halogens is 1. The molecule has 0 aliphatic rings. The highest BCUT2D eigenvalue weighted by molar-refractivity contribution is 9.10. The summed E-state index contributed by atoms with van der Waals surface area (Å²) >= 11 is 3.30. The van der Waals surface area contributed by atoms with E-state index < -0.39 is 0 Å². The van der Waals surface area contributed by atoms with Crippen molar-refractivity contribution >= 4 is 22.2 Å². The maximum Gasteiger partial charge on any atom is 0.188 e. The molecule has 0 unspecified atom stereocenters. The van der Waals surface area contributed by atoms with Crippen LogP contribution in [-0.2, 0) is 9.47 Å². The molecular formula is C11H13BrO5. The van der Waals surface area contributed by atoms with Crippen LogP contribution in [0.5, 0.6) is 11.5 Å².